The fraction of sp³-hybridized carbons (Fsp3) is 0.583. The SMILES string of the molecule is CC(C(=O)O)=C(C)C(=O)NC(CC(C)C)C(=O)O. The molecule has 6 nitrogen and oxygen atoms in total. The second kappa shape index (κ2) is 6.78. The van der Waals surface area contributed by atoms with E-state index in [-0.39, 0.29) is 17.1 Å². The molecule has 0 aromatic carbocycles. The van der Waals surface area contributed by atoms with Crippen LogP contribution in [0.5, 0.6) is 0 Å². The van der Waals surface area contributed by atoms with Crippen molar-refractivity contribution in [3.8, 4) is 0 Å². The lowest BCUT2D eigenvalue weighted by atomic mass is 10.0. The van der Waals surface area contributed by atoms with E-state index in [1.807, 2.05) is 13.8 Å². The highest BCUT2D eigenvalue weighted by atomic mass is 16.4. The van der Waals surface area contributed by atoms with Crippen molar-refractivity contribution in [2.45, 2.75) is 40.2 Å². The maximum atomic E-state index is 11.7. The van der Waals surface area contributed by atoms with E-state index < -0.39 is 23.9 Å². The first-order valence-corrected chi connectivity index (χ1v) is 5.61. The number of rotatable bonds is 6. The average Bonchev–Trinajstić information content (AvgIpc) is 2.24. The van der Waals surface area contributed by atoms with E-state index >= 15 is 0 Å². The molecule has 3 N–H and O–H groups in total. The summed E-state index contributed by atoms with van der Waals surface area (Å²) in [5.74, 6) is -2.88. The summed E-state index contributed by atoms with van der Waals surface area (Å²) >= 11 is 0. The monoisotopic (exact) mass is 257 g/mol. The van der Waals surface area contributed by atoms with Gasteiger partial charge in [0, 0.05) is 11.1 Å². The minimum atomic E-state index is -1.20. The van der Waals surface area contributed by atoms with Gasteiger partial charge in [0.05, 0.1) is 0 Å². The zero-order valence-electron chi connectivity index (χ0n) is 11.0. The average molecular weight is 257 g/mol. The molecular weight excluding hydrogens is 238 g/mol. The van der Waals surface area contributed by atoms with Gasteiger partial charge in [-0.05, 0) is 26.2 Å². The quantitative estimate of drug-likeness (QED) is 0.616. The number of carboxylic acid groups (broad SMARTS) is 2. The number of carbonyl (C=O) groups excluding carboxylic acids is 1. The van der Waals surface area contributed by atoms with E-state index in [1.54, 1.807) is 0 Å². The van der Waals surface area contributed by atoms with Crippen LogP contribution in [0.25, 0.3) is 0 Å². The molecule has 0 aliphatic heterocycles. The standard InChI is InChI=1S/C12H19NO5/c1-6(2)5-9(12(17)18)13-10(14)7(3)8(4)11(15)16/h6,9H,5H2,1-4H3,(H,13,14)(H,15,16)(H,17,18). The lowest BCUT2D eigenvalue weighted by molar-refractivity contribution is -0.141. The number of amides is 1. The fourth-order valence-electron chi connectivity index (χ4n) is 1.29. The number of aliphatic carboxylic acids is 2. The molecule has 0 rings (SSSR count). The summed E-state index contributed by atoms with van der Waals surface area (Å²) in [5.41, 5.74) is -0.0845. The van der Waals surface area contributed by atoms with Crippen molar-refractivity contribution in [2.75, 3.05) is 0 Å². The number of hydrogen-bond donors (Lipinski definition) is 3. The van der Waals surface area contributed by atoms with Crippen LogP contribution in [0.4, 0.5) is 0 Å². The topological polar surface area (TPSA) is 104 Å². The highest BCUT2D eigenvalue weighted by Crippen LogP contribution is 2.08. The highest BCUT2D eigenvalue weighted by Gasteiger charge is 2.22. The lowest BCUT2D eigenvalue weighted by Crippen LogP contribution is -2.42. The van der Waals surface area contributed by atoms with Gasteiger partial charge in [0.25, 0.3) is 0 Å². The Morgan fingerprint density at radius 3 is 1.89 bits per heavy atom. The van der Waals surface area contributed by atoms with Gasteiger partial charge >= 0.3 is 11.9 Å². The molecule has 0 aliphatic rings. The van der Waals surface area contributed by atoms with Gasteiger partial charge in [0.2, 0.25) is 5.91 Å². The third-order valence-electron chi connectivity index (χ3n) is 2.53. The minimum absolute atomic E-state index is 0.0116. The predicted octanol–water partition coefficient (Wildman–Crippen LogP) is 1.02. The van der Waals surface area contributed by atoms with Crippen LogP contribution in [0, 0.1) is 5.92 Å². The van der Waals surface area contributed by atoms with Gasteiger partial charge in [-0.15, -0.1) is 0 Å². The van der Waals surface area contributed by atoms with Crippen molar-refractivity contribution in [2.24, 2.45) is 5.92 Å². The fourth-order valence-corrected chi connectivity index (χ4v) is 1.29. The number of carbonyl (C=O) groups is 3. The van der Waals surface area contributed by atoms with Crippen molar-refractivity contribution in [3.63, 3.8) is 0 Å². The number of hydrogen-bond acceptors (Lipinski definition) is 3. The minimum Gasteiger partial charge on any atom is -0.480 e. The van der Waals surface area contributed by atoms with Crippen LogP contribution in [-0.2, 0) is 14.4 Å². The summed E-state index contributed by atoms with van der Waals surface area (Å²) in [4.78, 5) is 33.3. The Balaban J connectivity index is 4.86. The van der Waals surface area contributed by atoms with E-state index in [9.17, 15) is 14.4 Å². The van der Waals surface area contributed by atoms with Crippen molar-refractivity contribution < 1.29 is 24.6 Å². The Bertz CT molecular complexity index is 384. The van der Waals surface area contributed by atoms with Crippen LogP contribution >= 0.6 is 0 Å². The molecule has 6 heteroatoms. The summed E-state index contributed by atoms with van der Waals surface area (Å²) in [5, 5.41) is 20.0. The lowest BCUT2D eigenvalue weighted by Gasteiger charge is -2.17. The van der Waals surface area contributed by atoms with E-state index in [2.05, 4.69) is 5.32 Å². The Morgan fingerprint density at radius 1 is 1.06 bits per heavy atom. The van der Waals surface area contributed by atoms with Crippen molar-refractivity contribution >= 4 is 17.8 Å². The molecule has 0 saturated carbocycles. The summed E-state index contributed by atoms with van der Waals surface area (Å²) in [7, 11) is 0. The van der Waals surface area contributed by atoms with Gasteiger partial charge in [-0.1, -0.05) is 13.8 Å². The molecule has 102 valence electrons. The maximum Gasteiger partial charge on any atom is 0.331 e. The molecule has 1 amide bonds. The second-order valence-electron chi connectivity index (χ2n) is 4.55. The second-order valence-corrected chi connectivity index (χ2v) is 4.55. The van der Waals surface area contributed by atoms with Gasteiger partial charge in [-0.3, -0.25) is 4.79 Å². The molecule has 0 saturated heterocycles. The third-order valence-corrected chi connectivity index (χ3v) is 2.53. The molecule has 0 aromatic heterocycles. The normalized spacial score (nSPS) is 13.8. The van der Waals surface area contributed by atoms with Gasteiger partial charge in [-0.2, -0.15) is 0 Å². The van der Waals surface area contributed by atoms with E-state index in [1.165, 1.54) is 13.8 Å². The molecule has 0 radical (unpaired) electrons. The summed E-state index contributed by atoms with van der Waals surface area (Å²) in [6, 6.07) is -1.01. The molecular formula is C12H19NO5. The Morgan fingerprint density at radius 2 is 1.56 bits per heavy atom. The Kier molecular flexibility index (Phi) is 6.08. The Hall–Kier alpha value is -1.85. The van der Waals surface area contributed by atoms with Gasteiger partial charge in [0.15, 0.2) is 0 Å². The van der Waals surface area contributed by atoms with Crippen molar-refractivity contribution in [1.29, 1.82) is 0 Å². The van der Waals surface area contributed by atoms with Crippen molar-refractivity contribution in [1.82, 2.24) is 5.32 Å². The molecule has 0 aromatic rings. The number of carboxylic acids is 2. The molecule has 0 bridgehead atoms. The van der Waals surface area contributed by atoms with Gasteiger partial charge in [-0.25, -0.2) is 9.59 Å². The molecule has 0 heterocycles. The van der Waals surface area contributed by atoms with Gasteiger partial charge in [0.1, 0.15) is 6.04 Å². The Labute approximate surface area is 106 Å². The highest BCUT2D eigenvalue weighted by molar-refractivity contribution is 6.02. The number of nitrogens with one attached hydrogen (secondary N) is 1. The van der Waals surface area contributed by atoms with Crippen LogP contribution in [0.15, 0.2) is 11.1 Å². The zero-order chi connectivity index (χ0) is 14.5. The first kappa shape index (κ1) is 16.1. The van der Waals surface area contributed by atoms with Gasteiger partial charge < -0.3 is 15.5 Å². The maximum absolute atomic E-state index is 11.7. The molecule has 18 heavy (non-hydrogen) atoms. The van der Waals surface area contributed by atoms with Crippen LogP contribution in [0.3, 0.4) is 0 Å². The van der Waals surface area contributed by atoms with E-state index in [0.717, 1.165) is 0 Å². The zero-order valence-corrected chi connectivity index (χ0v) is 11.0. The summed E-state index contributed by atoms with van der Waals surface area (Å²) < 4.78 is 0. The first-order valence-electron chi connectivity index (χ1n) is 5.61. The van der Waals surface area contributed by atoms with Crippen LogP contribution in [0.1, 0.15) is 34.1 Å². The summed E-state index contributed by atoms with van der Waals surface area (Å²) in [6.07, 6.45) is 0.292. The predicted molar refractivity (Wildman–Crippen MR) is 65.0 cm³/mol. The van der Waals surface area contributed by atoms with E-state index in [4.69, 9.17) is 10.2 Å². The van der Waals surface area contributed by atoms with Crippen molar-refractivity contribution in [3.05, 3.63) is 11.1 Å². The largest absolute Gasteiger partial charge is 0.480 e. The van der Waals surface area contributed by atoms with E-state index in [0.29, 0.717) is 6.42 Å². The molecule has 1 atom stereocenters. The smallest absolute Gasteiger partial charge is 0.331 e. The molecule has 0 aliphatic carbocycles. The van der Waals surface area contributed by atoms with Crippen LogP contribution in [0.2, 0.25) is 0 Å². The molecule has 1 unspecified atom stereocenters. The summed E-state index contributed by atoms with van der Waals surface area (Å²) in [6.45, 7) is 6.34. The molecule has 0 spiro atoms. The van der Waals surface area contributed by atoms with Crippen LogP contribution in [-0.4, -0.2) is 34.1 Å². The van der Waals surface area contributed by atoms with Crippen LogP contribution < -0.4 is 5.32 Å². The third kappa shape index (κ3) is 4.99. The molecule has 0 fully saturated rings. The first-order chi connectivity index (χ1) is 8.16.